The predicted molar refractivity (Wildman–Crippen MR) is 49.0 cm³/mol. The lowest BCUT2D eigenvalue weighted by molar-refractivity contribution is -0.135. The predicted octanol–water partition coefficient (Wildman–Crippen LogP) is 1.28. The topological polar surface area (TPSA) is 29.5 Å². The van der Waals surface area contributed by atoms with Crippen LogP contribution < -0.4 is 0 Å². The fourth-order valence-electron chi connectivity index (χ4n) is 1.02. The lowest BCUT2D eigenvalue weighted by atomic mass is 10.3. The van der Waals surface area contributed by atoms with Crippen molar-refractivity contribution in [3.63, 3.8) is 0 Å². The zero-order valence-corrected chi connectivity index (χ0v) is 8.30. The average molecular weight is 173 g/mol. The molecule has 0 atom stereocenters. The minimum absolute atomic E-state index is 0.0912. The maximum Gasteiger partial charge on any atom is 0.248 e. The largest absolute Gasteiger partial charge is 0.375 e. The number of rotatable bonds is 6. The van der Waals surface area contributed by atoms with Gasteiger partial charge in [0, 0.05) is 20.2 Å². The maximum absolute atomic E-state index is 11.3. The number of carbonyl (C=O) groups is 1. The third-order valence-electron chi connectivity index (χ3n) is 1.78. The van der Waals surface area contributed by atoms with Crippen molar-refractivity contribution in [1.29, 1.82) is 0 Å². The first-order valence-electron chi connectivity index (χ1n) is 4.52. The Labute approximate surface area is 74.7 Å². The van der Waals surface area contributed by atoms with E-state index in [-0.39, 0.29) is 12.5 Å². The number of hydrogen-bond acceptors (Lipinski definition) is 2. The monoisotopic (exact) mass is 173 g/mol. The standard InChI is InChI=1S/C9H19NO2/c1-4-6-7-10(5-2)9(11)8-12-3/h4-8H2,1-3H3. The van der Waals surface area contributed by atoms with Crippen molar-refractivity contribution in [1.82, 2.24) is 4.90 Å². The Morgan fingerprint density at radius 3 is 2.50 bits per heavy atom. The van der Waals surface area contributed by atoms with Crippen LogP contribution in [0.2, 0.25) is 0 Å². The van der Waals surface area contributed by atoms with Crippen molar-refractivity contribution in [2.75, 3.05) is 26.8 Å². The van der Waals surface area contributed by atoms with Crippen molar-refractivity contribution in [2.24, 2.45) is 0 Å². The van der Waals surface area contributed by atoms with Crippen LogP contribution in [-0.2, 0) is 9.53 Å². The molecule has 1 amide bonds. The molecule has 0 rings (SSSR count). The van der Waals surface area contributed by atoms with E-state index >= 15 is 0 Å². The lowest BCUT2D eigenvalue weighted by Gasteiger charge is -2.19. The van der Waals surface area contributed by atoms with Gasteiger partial charge in [-0.1, -0.05) is 13.3 Å². The van der Waals surface area contributed by atoms with Gasteiger partial charge >= 0.3 is 0 Å². The molecular formula is C9H19NO2. The molecule has 0 bridgehead atoms. The van der Waals surface area contributed by atoms with E-state index < -0.39 is 0 Å². The summed E-state index contributed by atoms with van der Waals surface area (Å²) in [5, 5.41) is 0. The normalized spacial score (nSPS) is 9.92. The van der Waals surface area contributed by atoms with Gasteiger partial charge in [-0.3, -0.25) is 4.79 Å². The van der Waals surface area contributed by atoms with Gasteiger partial charge in [-0.2, -0.15) is 0 Å². The summed E-state index contributed by atoms with van der Waals surface area (Å²) in [4.78, 5) is 13.1. The van der Waals surface area contributed by atoms with E-state index in [0.29, 0.717) is 0 Å². The second-order valence-corrected chi connectivity index (χ2v) is 2.76. The van der Waals surface area contributed by atoms with E-state index in [4.69, 9.17) is 4.74 Å². The number of methoxy groups -OCH3 is 1. The molecule has 0 heterocycles. The van der Waals surface area contributed by atoms with Crippen molar-refractivity contribution in [3.8, 4) is 0 Å². The fourth-order valence-corrected chi connectivity index (χ4v) is 1.02. The molecule has 72 valence electrons. The Morgan fingerprint density at radius 2 is 2.08 bits per heavy atom. The first kappa shape index (κ1) is 11.4. The zero-order chi connectivity index (χ0) is 9.40. The highest BCUT2D eigenvalue weighted by Gasteiger charge is 2.09. The smallest absolute Gasteiger partial charge is 0.248 e. The lowest BCUT2D eigenvalue weighted by Crippen LogP contribution is -2.34. The van der Waals surface area contributed by atoms with Crippen LogP contribution >= 0.6 is 0 Å². The van der Waals surface area contributed by atoms with Crippen LogP contribution in [0.15, 0.2) is 0 Å². The third-order valence-corrected chi connectivity index (χ3v) is 1.78. The number of unbranched alkanes of at least 4 members (excludes halogenated alkanes) is 1. The Bertz CT molecular complexity index is 126. The summed E-state index contributed by atoms with van der Waals surface area (Å²) in [6.45, 7) is 5.95. The van der Waals surface area contributed by atoms with Gasteiger partial charge in [0.2, 0.25) is 5.91 Å². The summed E-state index contributed by atoms with van der Waals surface area (Å²) in [5.74, 6) is 0.0912. The molecule has 0 aromatic carbocycles. The Morgan fingerprint density at radius 1 is 1.42 bits per heavy atom. The highest BCUT2D eigenvalue weighted by molar-refractivity contribution is 5.77. The van der Waals surface area contributed by atoms with Gasteiger partial charge in [-0.15, -0.1) is 0 Å². The molecule has 0 aliphatic rings. The number of likely N-dealkylation sites (N-methyl/N-ethyl adjacent to an activating group) is 1. The summed E-state index contributed by atoms with van der Waals surface area (Å²) >= 11 is 0. The molecule has 0 N–H and O–H groups in total. The molecule has 12 heavy (non-hydrogen) atoms. The Balaban J connectivity index is 3.71. The second kappa shape index (κ2) is 7.10. The van der Waals surface area contributed by atoms with Gasteiger partial charge in [0.1, 0.15) is 6.61 Å². The summed E-state index contributed by atoms with van der Waals surface area (Å²) in [6.07, 6.45) is 2.19. The molecule has 0 spiro atoms. The van der Waals surface area contributed by atoms with Crippen LogP contribution in [0.3, 0.4) is 0 Å². The summed E-state index contributed by atoms with van der Waals surface area (Å²) in [7, 11) is 1.55. The van der Waals surface area contributed by atoms with Crippen LogP contribution in [-0.4, -0.2) is 37.6 Å². The molecule has 0 aliphatic carbocycles. The molecule has 0 fully saturated rings. The average Bonchev–Trinajstić information content (AvgIpc) is 2.06. The third kappa shape index (κ3) is 4.34. The van der Waals surface area contributed by atoms with E-state index in [1.165, 1.54) is 0 Å². The minimum atomic E-state index is 0.0912. The maximum atomic E-state index is 11.3. The van der Waals surface area contributed by atoms with Crippen molar-refractivity contribution >= 4 is 5.91 Å². The molecule has 0 saturated heterocycles. The van der Waals surface area contributed by atoms with E-state index in [1.54, 1.807) is 7.11 Å². The first-order chi connectivity index (χ1) is 5.76. The molecule has 0 aromatic heterocycles. The van der Waals surface area contributed by atoms with E-state index in [9.17, 15) is 4.79 Å². The first-order valence-corrected chi connectivity index (χ1v) is 4.52. The minimum Gasteiger partial charge on any atom is -0.375 e. The number of hydrogen-bond donors (Lipinski definition) is 0. The highest BCUT2D eigenvalue weighted by Crippen LogP contribution is 1.95. The Kier molecular flexibility index (Phi) is 6.76. The number of amides is 1. The number of nitrogens with zero attached hydrogens (tertiary/aromatic N) is 1. The Hall–Kier alpha value is -0.570. The molecular weight excluding hydrogens is 154 g/mol. The van der Waals surface area contributed by atoms with Crippen molar-refractivity contribution in [3.05, 3.63) is 0 Å². The molecule has 0 radical (unpaired) electrons. The SMILES string of the molecule is CCCCN(CC)C(=O)COC. The zero-order valence-electron chi connectivity index (χ0n) is 8.30. The number of ether oxygens (including phenoxy) is 1. The van der Waals surface area contributed by atoms with Gasteiger partial charge in [-0.25, -0.2) is 0 Å². The van der Waals surface area contributed by atoms with E-state index in [2.05, 4.69) is 6.92 Å². The van der Waals surface area contributed by atoms with Gasteiger partial charge in [0.25, 0.3) is 0 Å². The summed E-state index contributed by atoms with van der Waals surface area (Å²) in [5.41, 5.74) is 0. The van der Waals surface area contributed by atoms with Gasteiger partial charge < -0.3 is 9.64 Å². The van der Waals surface area contributed by atoms with Crippen LogP contribution in [0.25, 0.3) is 0 Å². The van der Waals surface area contributed by atoms with Crippen LogP contribution in [0.4, 0.5) is 0 Å². The van der Waals surface area contributed by atoms with Crippen LogP contribution in [0, 0.1) is 0 Å². The van der Waals surface area contributed by atoms with Crippen molar-refractivity contribution in [2.45, 2.75) is 26.7 Å². The van der Waals surface area contributed by atoms with Gasteiger partial charge in [0.05, 0.1) is 0 Å². The fraction of sp³-hybridized carbons (Fsp3) is 0.889. The summed E-state index contributed by atoms with van der Waals surface area (Å²) < 4.78 is 4.78. The summed E-state index contributed by atoms with van der Waals surface area (Å²) in [6, 6.07) is 0. The van der Waals surface area contributed by atoms with Crippen LogP contribution in [0.5, 0.6) is 0 Å². The van der Waals surface area contributed by atoms with E-state index in [1.807, 2.05) is 11.8 Å². The van der Waals surface area contributed by atoms with E-state index in [0.717, 1.165) is 25.9 Å². The second-order valence-electron chi connectivity index (χ2n) is 2.76. The molecule has 0 saturated carbocycles. The van der Waals surface area contributed by atoms with Crippen molar-refractivity contribution < 1.29 is 9.53 Å². The number of carbonyl (C=O) groups excluding carboxylic acids is 1. The molecule has 0 aromatic rings. The van der Waals surface area contributed by atoms with Gasteiger partial charge in [0.15, 0.2) is 0 Å². The molecule has 0 unspecified atom stereocenters. The van der Waals surface area contributed by atoms with Gasteiger partial charge in [-0.05, 0) is 13.3 Å². The molecule has 3 heteroatoms. The molecule has 3 nitrogen and oxygen atoms in total. The highest BCUT2D eigenvalue weighted by atomic mass is 16.5. The molecule has 0 aliphatic heterocycles. The van der Waals surface area contributed by atoms with Crippen LogP contribution in [0.1, 0.15) is 26.7 Å². The quantitative estimate of drug-likeness (QED) is 0.605.